The van der Waals surface area contributed by atoms with Gasteiger partial charge in [0, 0.05) is 22.3 Å². The Kier molecular flexibility index (Phi) is 7.45. The summed E-state index contributed by atoms with van der Waals surface area (Å²) in [6, 6.07) is 14.7. The molecule has 7 heteroatoms. The molecule has 0 bridgehead atoms. The minimum atomic E-state index is -0.239. The van der Waals surface area contributed by atoms with Gasteiger partial charge in [-0.1, -0.05) is 22.0 Å². The minimum absolute atomic E-state index is 0.0988. The average molecular weight is 446 g/mol. The number of carbonyl (C=O) groups excluding carboxylic acids is 1. The van der Waals surface area contributed by atoms with E-state index in [1.165, 1.54) is 0 Å². The number of guanidine groups is 1. The van der Waals surface area contributed by atoms with E-state index in [1.54, 1.807) is 24.3 Å². The Morgan fingerprint density at radius 3 is 2.79 bits per heavy atom. The Balaban J connectivity index is 1.71. The summed E-state index contributed by atoms with van der Waals surface area (Å²) >= 11 is 3.45. The SMILES string of the molecule is CCOc1ccc(C(=O)NC(=NC[C@H]2CCCO2)Nc2cccc(Br)c2)cc1. The first kappa shape index (κ1) is 20.4. The molecule has 1 fully saturated rings. The molecule has 0 radical (unpaired) electrons. The van der Waals surface area contributed by atoms with Crippen molar-refractivity contribution in [3.8, 4) is 5.75 Å². The van der Waals surface area contributed by atoms with Gasteiger partial charge in [-0.15, -0.1) is 0 Å². The summed E-state index contributed by atoms with van der Waals surface area (Å²) < 4.78 is 12.0. The number of benzene rings is 2. The Labute approximate surface area is 173 Å². The van der Waals surface area contributed by atoms with Crippen LogP contribution in [-0.2, 0) is 4.74 Å². The lowest BCUT2D eigenvalue weighted by molar-refractivity contribution is 0.0975. The van der Waals surface area contributed by atoms with Crippen molar-refractivity contribution < 1.29 is 14.3 Å². The monoisotopic (exact) mass is 445 g/mol. The van der Waals surface area contributed by atoms with Crippen molar-refractivity contribution in [2.24, 2.45) is 4.99 Å². The molecule has 28 heavy (non-hydrogen) atoms. The zero-order valence-corrected chi connectivity index (χ0v) is 17.4. The number of amides is 1. The Morgan fingerprint density at radius 2 is 2.11 bits per heavy atom. The van der Waals surface area contributed by atoms with Gasteiger partial charge in [0.1, 0.15) is 5.75 Å². The van der Waals surface area contributed by atoms with Gasteiger partial charge in [0.15, 0.2) is 0 Å². The fraction of sp³-hybridized carbons (Fsp3) is 0.333. The van der Waals surface area contributed by atoms with E-state index >= 15 is 0 Å². The van der Waals surface area contributed by atoms with Crippen LogP contribution in [0, 0.1) is 0 Å². The van der Waals surface area contributed by atoms with Crippen LogP contribution in [-0.4, -0.2) is 37.7 Å². The van der Waals surface area contributed by atoms with Crippen LogP contribution in [0.15, 0.2) is 58.0 Å². The molecule has 1 atom stereocenters. The van der Waals surface area contributed by atoms with E-state index in [0.29, 0.717) is 24.7 Å². The summed E-state index contributed by atoms with van der Waals surface area (Å²) in [7, 11) is 0. The van der Waals surface area contributed by atoms with Crippen LogP contribution in [0.1, 0.15) is 30.1 Å². The number of nitrogens with zero attached hydrogens (tertiary/aromatic N) is 1. The Bertz CT molecular complexity index is 818. The van der Waals surface area contributed by atoms with Gasteiger partial charge in [-0.05, 0) is 62.2 Å². The second kappa shape index (κ2) is 10.2. The molecular formula is C21H24BrN3O3. The van der Waals surface area contributed by atoms with Crippen molar-refractivity contribution in [2.45, 2.75) is 25.9 Å². The van der Waals surface area contributed by atoms with Crippen molar-refractivity contribution in [3.05, 3.63) is 58.6 Å². The molecule has 1 heterocycles. The van der Waals surface area contributed by atoms with Crippen molar-refractivity contribution in [1.29, 1.82) is 0 Å². The van der Waals surface area contributed by atoms with Crippen LogP contribution in [0.5, 0.6) is 5.75 Å². The molecule has 2 N–H and O–H groups in total. The first-order valence-electron chi connectivity index (χ1n) is 9.37. The fourth-order valence-corrected chi connectivity index (χ4v) is 3.24. The Hall–Kier alpha value is -2.38. The van der Waals surface area contributed by atoms with Gasteiger partial charge >= 0.3 is 0 Å². The molecule has 1 aliphatic heterocycles. The third-order valence-electron chi connectivity index (χ3n) is 4.22. The highest BCUT2D eigenvalue weighted by Gasteiger charge is 2.16. The van der Waals surface area contributed by atoms with Crippen molar-refractivity contribution >= 4 is 33.5 Å². The zero-order chi connectivity index (χ0) is 19.8. The molecule has 3 rings (SSSR count). The third-order valence-corrected chi connectivity index (χ3v) is 4.72. The minimum Gasteiger partial charge on any atom is -0.494 e. The summed E-state index contributed by atoms with van der Waals surface area (Å²) in [4.78, 5) is 17.2. The lowest BCUT2D eigenvalue weighted by Gasteiger charge is -2.14. The van der Waals surface area contributed by atoms with Crippen molar-refractivity contribution in [2.75, 3.05) is 25.1 Å². The third kappa shape index (κ3) is 6.07. The molecule has 0 aromatic heterocycles. The number of aliphatic imine (C=N–C) groups is 1. The second-order valence-electron chi connectivity index (χ2n) is 6.37. The smallest absolute Gasteiger partial charge is 0.257 e. The second-order valence-corrected chi connectivity index (χ2v) is 7.29. The molecule has 2 aromatic carbocycles. The van der Waals surface area contributed by atoms with Crippen LogP contribution in [0.3, 0.4) is 0 Å². The first-order valence-corrected chi connectivity index (χ1v) is 10.2. The molecule has 0 aliphatic carbocycles. The number of ether oxygens (including phenoxy) is 2. The van der Waals surface area contributed by atoms with Crippen LogP contribution in [0.2, 0.25) is 0 Å². The van der Waals surface area contributed by atoms with E-state index in [2.05, 4.69) is 31.6 Å². The van der Waals surface area contributed by atoms with E-state index in [1.807, 2.05) is 31.2 Å². The highest BCUT2D eigenvalue weighted by Crippen LogP contribution is 2.17. The van der Waals surface area contributed by atoms with E-state index in [0.717, 1.165) is 35.4 Å². The van der Waals surface area contributed by atoms with E-state index < -0.39 is 0 Å². The van der Waals surface area contributed by atoms with Crippen LogP contribution < -0.4 is 15.4 Å². The van der Waals surface area contributed by atoms with Gasteiger partial charge < -0.3 is 14.8 Å². The zero-order valence-electron chi connectivity index (χ0n) is 15.8. The fourth-order valence-electron chi connectivity index (χ4n) is 2.84. The quantitative estimate of drug-likeness (QED) is 0.515. The van der Waals surface area contributed by atoms with Gasteiger partial charge in [-0.3, -0.25) is 10.1 Å². The normalized spacial score (nSPS) is 16.6. The average Bonchev–Trinajstić information content (AvgIpc) is 3.20. The summed E-state index contributed by atoms with van der Waals surface area (Å²) in [6.07, 6.45) is 2.13. The highest BCUT2D eigenvalue weighted by molar-refractivity contribution is 9.10. The molecule has 1 aliphatic rings. The highest BCUT2D eigenvalue weighted by atomic mass is 79.9. The van der Waals surface area contributed by atoms with Crippen LogP contribution in [0.25, 0.3) is 0 Å². The predicted molar refractivity (Wildman–Crippen MR) is 114 cm³/mol. The topological polar surface area (TPSA) is 72.0 Å². The van der Waals surface area contributed by atoms with Gasteiger partial charge in [0.2, 0.25) is 5.96 Å². The summed E-state index contributed by atoms with van der Waals surface area (Å²) in [6.45, 7) is 3.78. The number of hydrogen-bond donors (Lipinski definition) is 2. The molecule has 148 valence electrons. The first-order chi connectivity index (χ1) is 13.6. The maximum atomic E-state index is 12.7. The number of hydrogen-bond acceptors (Lipinski definition) is 4. The van der Waals surface area contributed by atoms with Gasteiger partial charge in [0.05, 0.1) is 19.3 Å². The maximum absolute atomic E-state index is 12.7. The van der Waals surface area contributed by atoms with Gasteiger partial charge in [0.25, 0.3) is 5.91 Å². The van der Waals surface area contributed by atoms with E-state index in [9.17, 15) is 4.79 Å². The lowest BCUT2D eigenvalue weighted by Crippen LogP contribution is -2.36. The molecule has 0 saturated carbocycles. The lowest BCUT2D eigenvalue weighted by atomic mass is 10.2. The standard InChI is InChI=1S/C21H24BrN3O3/c1-2-27-18-10-8-15(9-11-18)20(26)25-21(23-14-19-7-4-12-28-19)24-17-6-3-5-16(22)13-17/h3,5-6,8-11,13,19H,2,4,7,12,14H2,1H3,(H2,23,24,25,26)/t19-/m1/s1. The Morgan fingerprint density at radius 1 is 1.29 bits per heavy atom. The maximum Gasteiger partial charge on any atom is 0.257 e. The molecule has 0 unspecified atom stereocenters. The van der Waals surface area contributed by atoms with Gasteiger partial charge in [-0.2, -0.15) is 0 Å². The summed E-state index contributed by atoms with van der Waals surface area (Å²) in [5.41, 5.74) is 1.36. The summed E-state index contributed by atoms with van der Waals surface area (Å²) in [5.74, 6) is 0.891. The molecule has 1 amide bonds. The van der Waals surface area contributed by atoms with Crippen LogP contribution in [0.4, 0.5) is 5.69 Å². The van der Waals surface area contributed by atoms with Crippen LogP contribution >= 0.6 is 15.9 Å². The van der Waals surface area contributed by atoms with E-state index in [-0.39, 0.29) is 12.0 Å². The molecule has 1 saturated heterocycles. The van der Waals surface area contributed by atoms with E-state index in [4.69, 9.17) is 9.47 Å². The number of rotatable bonds is 6. The van der Waals surface area contributed by atoms with Crippen molar-refractivity contribution in [1.82, 2.24) is 5.32 Å². The molecule has 6 nitrogen and oxygen atoms in total. The summed E-state index contributed by atoms with van der Waals surface area (Å²) in [5, 5.41) is 6.05. The van der Waals surface area contributed by atoms with Crippen molar-refractivity contribution in [3.63, 3.8) is 0 Å². The number of nitrogens with one attached hydrogen (secondary N) is 2. The number of halogens is 1. The predicted octanol–water partition coefficient (Wildman–Crippen LogP) is 4.22. The molecule has 0 spiro atoms. The number of carbonyl (C=O) groups is 1. The van der Waals surface area contributed by atoms with Gasteiger partial charge in [-0.25, -0.2) is 4.99 Å². The molecule has 2 aromatic rings. The largest absolute Gasteiger partial charge is 0.494 e. The molecular weight excluding hydrogens is 422 g/mol. The number of anilines is 1.